The molecule has 19 heavy (non-hydrogen) atoms. The van der Waals surface area contributed by atoms with E-state index in [1.54, 1.807) is 6.07 Å². The summed E-state index contributed by atoms with van der Waals surface area (Å²) in [6.45, 7) is 1.93. The average Bonchev–Trinajstić information content (AvgIpc) is 2.66. The molecule has 0 fully saturated rings. The number of alkyl halides is 4. The van der Waals surface area contributed by atoms with Gasteiger partial charge in [-0.05, 0) is 46.6 Å². The Bertz CT molecular complexity index is 592. The van der Waals surface area contributed by atoms with Crippen LogP contribution in [0.2, 0.25) is 0 Å². The predicted octanol–water partition coefficient (Wildman–Crippen LogP) is 6.17. The molecule has 2 rings (SSSR count). The first kappa shape index (κ1) is 14.9. The van der Waals surface area contributed by atoms with Gasteiger partial charge in [-0.2, -0.15) is 13.2 Å². The van der Waals surface area contributed by atoms with Crippen LogP contribution in [0.1, 0.15) is 26.3 Å². The highest BCUT2D eigenvalue weighted by molar-refractivity contribution is 9.10. The second-order valence-corrected chi connectivity index (χ2v) is 6.63. The van der Waals surface area contributed by atoms with Crippen molar-refractivity contribution in [1.82, 2.24) is 0 Å². The van der Waals surface area contributed by atoms with Gasteiger partial charge < -0.3 is 0 Å². The van der Waals surface area contributed by atoms with E-state index in [-0.39, 0.29) is 0 Å². The largest absolute Gasteiger partial charge is 0.416 e. The Kier molecular flexibility index (Phi) is 4.28. The van der Waals surface area contributed by atoms with Crippen LogP contribution in [0.4, 0.5) is 13.2 Å². The maximum Gasteiger partial charge on any atom is 0.416 e. The number of thiophene rings is 1. The van der Waals surface area contributed by atoms with Crippen LogP contribution in [0.15, 0.2) is 34.8 Å². The molecule has 2 aromatic rings. The highest BCUT2D eigenvalue weighted by Crippen LogP contribution is 2.40. The fraction of sp³-hybridized carbons (Fsp3) is 0.231. The molecule has 0 spiro atoms. The lowest BCUT2D eigenvalue weighted by molar-refractivity contribution is -0.137. The van der Waals surface area contributed by atoms with Gasteiger partial charge >= 0.3 is 6.18 Å². The highest BCUT2D eigenvalue weighted by atomic mass is 79.9. The number of aryl methyl sites for hydroxylation is 1. The van der Waals surface area contributed by atoms with Crippen LogP contribution in [-0.4, -0.2) is 0 Å². The number of hydrogen-bond donors (Lipinski definition) is 0. The van der Waals surface area contributed by atoms with Gasteiger partial charge in [-0.1, -0.05) is 12.1 Å². The molecule has 102 valence electrons. The minimum atomic E-state index is -4.35. The van der Waals surface area contributed by atoms with Gasteiger partial charge in [0, 0.05) is 14.2 Å². The van der Waals surface area contributed by atoms with Gasteiger partial charge in [-0.3, -0.25) is 0 Å². The summed E-state index contributed by atoms with van der Waals surface area (Å²) in [6.07, 6.45) is -4.35. The summed E-state index contributed by atoms with van der Waals surface area (Å²) in [6, 6.07) is 7.03. The summed E-state index contributed by atoms with van der Waals surface area (Å²) in [5.74, 6) is 0. The number of hydrogen-bond acceptors (Lipinski definition) is 1. The first-order valence-corrected chi connectivity index (χ1v) is 7.40. The van der Waals surface area contributed by atoms with Crippen LogP contribution in [0.3, 0.4) is 0 Å². The van der Waals surface area contributed by atoms with Gasteiger partial charge in [0.1, 0.15) is 0 Å². The van der Waals surface area contributed by atoms with Gasteiger partial charge in [0.25, 0.3) is 0 Å². The van der Waals surface area contributed by atoms with E-state index in [0.29, 0.717) is 5.56 Å². The predicted molar refractivity (Wildman–Crippen MR) is 75.9 cm³/mol. The third-order valence-electron chi connectivity index (χ3n) is 2.57. The number of halogens is 5. The molecule has 0 aliphatic heterocycles. The molecule has 0 nitrogen and oxygen atoms in total. The molecule has 1 heterocycles. The van der Waals surface area contributed by atoms with Crippen LogP contribution >= 0.6 is 38.9 Å². The molecule has 0 saturated heterocycles. The summed E-state index contributed by atoms with van der Waals surface area (Å²) in [7, 11) is 0. The van der Waals surface area contributed by atoms with Crippen molar-refractivity contribution < 1.29 is 13.2 Å². The zero-order valence-corrected chi connectivity index (χ0v) is 12.9. The fourth-order valence-corrected chi connectivity index (χ4v) is 4.10. The second-order valence-electron chi connectivity index (χ2n) is 4.06. The van der Waals surface area contributed by atoms with Crippen molar-refractivity contribution >= 4 is 38.9 Å². The molecule has 0 radical (unpaired) electrons. The van der Waals surface area contributed by atoms with Crippen LogP contribution in [0, 0.1) is 6.92 Å². The van der Waals surface area contributed by atoms with Crippen molar-refractivity contribution in [2.75, 3.05) is 0 Å². The van der Waals surface area contributed by atoms with Crippen LogP contribution in [0.5, 0.6) is 0 Å². The molecule has 1 aromatic carbocycles. The molecule has 1 unspecified atom stereocenters. The maximum atomic E-state index is 12.7. The zero-order valence-electron chi connectivity index (χ0n) is 9.76. The molecule has 0 N–H and O–H groups in total. The summed E-state index contributed by atoms with van der Waals surface area (Å²) in [4.78, 5) is 1.87. The minimum absolute atomic E-state index is 0.444. The summed E-state index contributed by atoms with van der Waals surface area (Å²) >= 11 is 11.1. The molecule has 0 aliphatic carbocycles. The Morgan fingerprint density at radius 3 is 2.47 bits per heavy atom. The van der Waals surface area contributed by atoms with E-state index in [2.05, 4.69) is 15.9 Å². The fourth-order valence-electron chi connectivity index (χ4n) is 1.70. The SMILES string of the molecule is Cc1cc(Br)c(C(Cl)c2cccc(C(F)(F)F)c2)s1. The van der Waals surface area contributed by atoms with Crippen molar-refractivity contribution in [1.29, 1.82) is 0 Å². The van der Waals surface area contributed by atoms with Crippen molar-refractivity contribution in [2.24, 2.45) is 0 Å². The summed E-state index contributed by atoms with van der Waals surface area (Å²) in [5.41, 5.74) is -0.237. The lowest BCUT2D eigenvalue weighted by Gasteiger charge is -2.12. The third-order valence-corrected chi connectivity index (χ3v) is 5.21. The molecule has 1 atom stereocenters. The lowest BCUT2D eigenvalue weighted by Crippen LogP contribution is -2.05. The van der Waals surface area contributed by atoms with Crippen molar-refractivity contribution in [3.8, 4) is 0 Å². The summed E-state index contributed by atoms with van der Waals surface area (Å²) < 4.78 is 38.8. The Labute approximate surface area is 126 Å². The van der Waals surface area contributed by atoms with E-state index in [1.807, 2.05) is 13.0 Å². The van der Waals surface area contributed by atoms with Crippen LogP contribution < -0.4 is 0 Å². The Morgan fingerprint density at radius 2 is 1.95 bits per heavy atom. The quantitative estimate of drug-likeness (QED) is 0.556. The first-order valence-electron chi connectivity index (χ1n) is 5.36. The first-order chi connectivity index (χ1) is 8.79. The summed E-state index contributed by atoms with van der Waals surface area (Å²) in [5, 5.41) is -0.588. The lowest BCUT2D eigenvalue weighted by atomic mass is 10.1. The monoisotopic (exact) mass is 368 g/mol. The van der Waals surface area contributed by atoms with E-state index in [4.69, 9.17) is 11.6 Å². The standard InChI is InChI=1S/C13H9BrClF3S/c1-7-5-10(14)12(19-7)11(15)8-3-2-4-9(6-8)13(16,17)18/h2-6,11H,1H3. The Balaban J connectivity index is 2.39. The second kappa shape index (κ2) is 5.46. The molecule has 0 bridgehead atoms. The van der Waals surface area contributed by atoms with Gasteiger partial charge in [-0.15, -0.1) is 22.9 Å². The molecule has 0 aliphatic rings. The zero-order chi connectivity index (χ0) is 14.2. The molecular weight excluding hydrogens is 361 g/mol. The average molecular weight is 370 g/mol. The highest BCUT2D eigenvalue weighted by Gasteiger charge is 2.31. The minimum Gasteiger partial charge on any atom is -0.166 e. The normalized spacial score (nSPS) is 13.6. The Hall–Kier alpha value is -0.520. The molecule has 6 heteroatoms. The molecule has 0 amide bonds. The molecule has 0 saturated carbocycles. The molecule has 1 aromatic heterocycles. The molecular formula is C13H9BrClF3S. The van der Waals surface area contributed by atoms with Crippen LogP contribution in [-0.2, 0) is 6.18 Å². The maximum absolute atomic E-state index is 12.7. The van der Waals surface area contributed by atoms with Crippen LogP contribution in [0.25, 0.3) is 0 Å². The van der Waals surface area contributed by atoms with Gasteiger partial charge in [0.05, 0.1) is 10.9 Å². The topological polar surface area (TPSA) is 0 Å². The van der Waals surface area contributed by atoms with Gasteiger partial charge in [0.2, 0.25) is 0 Å². The van der Waals surface area contributed by atoms with E-state index < -0.39 is 17.1 Å². The smallest absolute Gasteiger partial charge is 0.166 e. The third kappa shape index (κ3) is 3.33. The van der Waals surface area contributed by atoms with E-state index in [0.717, 1.165) is 26.4 Å². The van der Waals surface area contributed by atoms with E-state index >= 15 is 0 Å². The van der Waals surface area contributed by atoms with Crippen molar-refractivity contribution in [3.05, 3.63) is 55.7 Å². The van der Waals surface area contributed by atoms with Gasteiger partial charge in [-0.25, -0.2) is 0 Å². The van der Waals surface area contributed by atoms with E-state index in [1.165, 1.54) is 17.4 Å². The Morgan fingerprint density at radius 1 is 1.26 bits per heavy atom. The number of benzene rings is 1. The van der Waals surface area contributed by atoms with Crippen molar-refractivity contribution in [3.63, 3.8) is 0 Å². The van der Waals surface area contributed by atoms with Gasteiger partial charge in [0.15, 0.2) is 0 Å². The van der Waals surface area contributed by atoms with E-state index in [9.17, 15) is 13.2 Å². The number of rotatable bonds is 2. The van der Waals surface area contributed by atoms with Crippen molar-refractivity contribution in [2.45, 2.75) is 18.5 Å².